The number of aliphatic hydroxyl groups is 1. The Kier molecular flexibility index (Phi) is 5.72. The van der Waals surface area contributed by atoms with Crippen LogP contribution in [0.4, 0.5) is 5.69 Å². The lowest BCUT2D eigenvalue weighted by atomic mass is 9.82. The zero-order valence-corrected chi connectivity index (χ0v) is 15.3. The maximum absolute atomic E-state index is 12.7. The van der Waals surface area contributed by atoms with E-state index in [1.807, 2.05) is 42.1 Å². The first kappa shape index (κ1) is 19.6. The molecule has 1 aromatic heterocycles. The van der Waals surface area contributed by atoms with Crippen molar-refractivity contribution >= 4 is 11.5 Å². The molecule has 0 radical (unpaired) electrons. The third-order valence-corrected chi connectivity index (χ3v) is 6.16. The van der Waals surface area contributed by atoms with Gasteiger partial charge < -0.3 is 15.4 Å². The van der Waals surface area contributed by atoms with E-state index in [1.165, 1.54) is 11.1 Å². The number of piperidine rings is 1. The Morgan fingerprint density at radius 3 is 2.56 bits per heavy atom. The Balaban J connectivity index is 0.00000210. The van der Waals surface area contributed by atoms with E-state index in [0.717, 1.165) is 43.7 Å². The molecule has 5 nitrogen and oxygen atoms in total. The lowest BCUT2D eigenvalue weighted by molar-refractivity contribution is 0.0239. The number of aryl methyl sites for hydroxylation is 1. The van der Waals surface area contributed by atoms with Gasteiger partial charge in [-0.25, -0.2) is 0 Å². The molecular formula is C22H31N3O2. The lowest BCUT2D eigenvalue weighted by Crippen LogP contribution is -2.51. The van der Waals surface area contributed by atoms with Gasteiger partial charge in [-0.05, 0) is 61.7 Å². The van der Waals surface area contributed by atoms with E-state index in [-0.39, 0.29) is 31.3 Å². The molecule has 3 N–H and O–H groups in total. The van der Waals surface area contributed by atoms with Crippen molar-refractivity contribution in [1.29, 1.82) is 0 Å². The molecule has 1 saturated heterocycles. The molecular weight excluding hydrogens is 338 g/mol. The molecule has 1 aliphatic heterocycles. The number of fused-ring (bicyclic) bond motifs is 1. The van der Waals surface area contributed by atoms with Gasteiger partial charge >= 0.3 is 0 Å². The summed E-state index contributed by atoms with van der Waals surface area (Å²) in [6.07, 6.45) is 4.70. The van der Waals surface area contributed by atoms with Crippen LogP contribution >= 0.6 is 0 Å². The number of hydrogen-bond donors (Lipinski definition) is 2. The summed E-state index contributed by atoms with van der Waals surface area (Å²) in [4.78, 5) is 15.1. The van der Waals surface area contributed by atoms with Crippen LogP contribution < -0.4 is 5.73 Å². The van der Waals surface area contributed by atoms with E-state index in [0.29, 0.717) is 6.42 Å². The lowest BCUT2D eigenvalue weighted by Gasteiger charge is -2.42. The van der Waals surface area contributed by atoms with Gasteiger partial charge in [-0.2, -0.15) is 0 Å². The third-order valence-electron chi connectivity index (χ3n) is 6.16. The molecule has 2 aromatic rings. The molecule has 0 bridgehead atoms. The fourth-order valence-corrected chi connectivity index (χ4v) is 4.59. The van der Waals surface area contributed by atoms with Crippen LogP contribution in [0.2, 0.25) is 0 Å². The Labute approximate surface area is 161 Å². The van der Waals surface area contributed by atoms with Crippen LogP contribution in [0.3, 0.4) is 0 Å². The van der Waals surface area contributed by atoms with E-state index in [9.17, 15) is 9.90 Å². The third kappa shape index (κ3) is 3.66. The van der Waals surface area contributed by atoms with Gasteiger partial charge in [-0.15, -0.1) is 0 Å². The van der Waals surface area contributed by atoms with Crippen LogP contribution in [-0.4, -0.2) is 45.6 Å². The van der Waals surface area contributed by atoms with Crippen molar-refractivity contribution in [3.05, 3.63) is 53.3 Å². The molecule has 1 fully saturated rings. The Morgan fingerprint density at radius 2 is 1.89 bits per heavy atom. The number of Topliss-reactive ketones (excluding diaryl/α,β-unsaturated/α-hetero) is 1. The quantitative estimate of drug-likeness (QED) is 0.645. The van der Waals surface area contributed by atoms with Gasteiger partial charge in [0.25, 0.3) is 0 Å². The number of benzene rings is 1. The number of nitrogens with zero attached hydrogens (tertiary/aromatic N) is 2. The minimum atomic E-state index is -0.371. The number of anilines is 1. The van der Waals surface area contributed by atoms with Gasteiger partial charge in [0.1, 0.15) is 0 Å². The Bertz CT molecular complexity index is 806. The minimum absolute atomic E-state index is 0. The summed E-state index contributed by atoms with van der Waals surface area (Å²) < 4.78 is 1.90. The second kappa shape index (κ2) is 7.87. The van der Waals surface area contributed by atoms with Crippen molar-refractivity contribution in [2.75, 3.05) is 18.8 Å². The fourth-order valence-electron chi connectivity index (χ4n) is 4.59. The predicted molar refractivity (Wildman–Crippen MR) is 109 cm³/mol. The van der Waals surface area contributed by atoms with Crippen LogP contribution in [0.15, 0.2) is 36.5 Å². The van der Waals surface area contributed by atoms with Gasteiger partial charge in [0, 0.05) is 37.3 Å². The van der Waals surface area contributed by atoms with Gasteiger partial charge in [-0.3, -0.25) is 9.69 Å². The minimum Gasteiger partial charge on any atom is -0.398 e. The molecule has 0 amide bonds. The molecule has 1 aromatic carbocycles. The number of carbonyl (C=O) groups excluding carboxylic acids is 1. The molecule has 1 aliphatic carbocycles. The molecule has 4 rings (SSSR count). The van der Waals surface area contributed by atoms with Crippen molar-refractivity contribution in [3.8, 4) is 0 Å². The van der Waals surface area contributed by atoms with Crippen LogP contribution in [0, 0.1) is 5.92 Å². The van der Waals surface area contributed by atoms with Crippen LogP contribution in [-0.2, 0) is 19.9 Å². The summed E-state index contributed by atoms with van der Waals surface area (Å²) >= 11 is 0. The summed E-state index contributed by atoms with van der Waals surface area (Å²) in [6.45, 7) is 1.70. The van der Waals surface area contributed by atoms with Crippen molar-refractivity contribution in [2.45, 2.75) is 45.3 Å². The average Bonchev–Trinajstić information content (AvgIpc) is 3.07. The predicted octanol–water partition coefficient (Wildman–Crippen LogP) is 2.67. The van der Waals surface area contributed by atoms with Gasteiger partial charge in [0.15, 0.2) is 5.78 Å². The second-order valence-corrected chi connectivity index (χ2v) is 7.71. The Hall–Kier alpha value is -2.11. The highest BCUT2D eigenvalue weighted by Gasteiger charge is 2.36. The highest BCUT2D eigenvalue weighted by atomic mass is 16.3. The summed E-state index contributed by atoms with van der Waals surface area (Å²) in [5, 5.41) is 10.7. The van der Waals surface area contributed by atoms with E-state index < -0.39 is 0 Å². The first-order valence-corrected chi connectivity index (χ1v) is 9.48. The van der Waals surface area contributed by atoms with Crippen molar-refractivity contribution in [3.63, 3.8) is 0 Å². The van der Waals surface area contributed by atoms with Crippen molar-refractivity contribution in [1.82, 2.24) is 9.47 Å². The SMILES string of the molecule is C.Cn1cccc1C(=O)C1CCN(C2Cc3c(N)cccc3CC2O)CC1. The molecule has 2 unspecified atom stereocenters. The zero-order chi connectivity index (χ0) is 18.3. The van der Waals surface area contributed by atoms with Crippen molar-refractivity contribution in [2.24, 2.45) is 13.0 Å². The first-order valence-electron chi connectivity index (χ1n) is 9.48. The molecule has 2 aliphatic rings. The standard InChI is InChI=1S/C21H27N3O2.CH4/c1-23-9-3-6-18(23)21(26)14-7-10-24(11-8-14)19-13-16-15(12-20(19)25)4-2-5-17(16)22;/h2-6,9,14,19-20,25H,7-8,10-13,22H2,1H3;1H4. The number of rotatable bonds is 3. The summed E-state index contributed by atoms with van der Waals surface area (Å²) in [6, 6.07) is 9.89. The molecule has 2 heterocycles. The van der Waals surface area contributed by atoms with Crippen LogP contribution in [0.5, 0.6) is 0 Å². The number of aromatic nitrogens is 1. The number of ketones is 1. The maximum Gasteiger partial charge on any atom is 0.182 e. The molecule has 146 valence electrons. The topological polar surface area (TPSA) is 71.5 Å². The largest absolute Gasteiger partial charge is 0.398 e. The summed E-state index contributed by atoms with van der Waals surface area (Å²) in [5.74, 6) is 0.328. The number of likely N-dealkylation sites (tertiary alicyclic amines) is 1. The summed E-state index contributed by atoms with van der Waals surface area (Å²) in [5.41, 5.74) is 10.1. The number of hydrogen-bond acceptors (Lipinski definition) is 4. The zero-order valence-electron chi connectivity index (χ0n) is 15.3. The molecule has 27 heavy (non-hydrogen) atoms. The highest BCUT2D eigenvalue weighted by Crippen LogP contribution is 2.31. The van der Waals surface area contributed by atoms with Gasteiger partial charge in [0.05, 0.1) is 11.8 Å². The normalized spacial score (nSPS) is 23.5. The molecule has 0 spiro atoms. The monoisotopic (exact) mass is 369 g/mol. The first-order chi connectivity index (χ1) is 12.5. The second-order valence-electron chi connectivity index (χ2n) is 7.71. The number of aliphatic hydroxyl groups excluding tert-OH is 1. The average molecular weight is 370 g/mol. The van der Waals surface area contributed by atoms with Crippen LogP contribution in [0.25, 0.3) is 0 Å². The van der Waals surface area contributed by atoms with E-state index >= 15 is 0 Å². The Morgan fingerprint density at radius 1 is 1.15 bits per heavy atom. The number of nitrogen functional groups attached to an aromatic ring is 1. The van der Waals surface area contributed by atoms with Gasteiger partial charge in [0.2, 0.25) is 0 Å². The van der Waals surface area contributed by atoms with Crippen LogP contribution in [0.1, 0.15) is 41.9 Å². The summed E-state index contributed by atoms with van der Waals surface area (Å²) in [7, 11) is 1.92. The molecule has 0 saturated carbocycles. The van der Waals surface area contributed by atoms with E-state index in [2.05, 4.69) is 11.0 Å². The van der Waals surface area contributed by atoms with E-state index in [1.54, 1.807) is 0 Å². The smallest absolute Gasteiger partial charge is 0.182 e. The van der Waals surface area contributed by atoms with Gasteiger partial charge in [-0.1, -0.05) is 19.6 Å². The highest BCUT2D eigenvalue weighted by molar-refractivity contribution is 5.96. The fraction of sp³-hybridized carbons (Fsp3) is 0.500. The number of nitrogens with two attached hydrogens (primary N) is 1. The maximum atomic E-state index is 12.7. The van der Waals surface area contributed by atoms with Crippen molar-refractivity contribution < 1.29 is 9.90 Å². The molecule has 5 heteroatoms. The molecule has 2 atom stereocenters. The number of carbonyl (C=O) groups is 1. The van der Waals surface area contributed by atoms with E-state index in [4.69, 9.17) is 5.73 Å².